The van der Waals surface area contributed by atoms with Crippen molar-refractivity contribution in [3.8, 4) is 0 Å². The molecule has 7 nitrogen and oxygen atoms in total. The summed E-state index contributed by atoms with van der Waals surface area (Å²) >= 11 is 0. The lowest BCUT2D eigenvalue weighted by Crippen LogP contribution is -2.44. The number of nitrogens with one attached hydrogen (secondary N) is 1. The van der Waals surface area contributed by atoms with Crippen molar-refractivity contribution in [2.75, 3.05) is 5.01 Å². The molecule has 1 aliphatic heterocycles. The van der Waals surface area contributed by atoms with E-state index in [2.05, 4.69) is 5.43 Å². The number of hydrazine groups is 1. The monoisotopic (exact) mass is 307 g/mol. The third-order valence-electron chi connectivity index (χ3n) is 3.91. The number of anilines is 1. The quantitative estimate of drug-likeness (QED) is 0.607. The van der Waals surface area contributed by atoms with Gasteiger partial charge in [0.15, 0.2) is 0 Å². The number of benzene rings is 1. The number of rotatable bonds is 6. The van der Waals surface area contributed by atoms with Gasteiger partial charge in [-0.3, -0.25) is 9.59 Å². The number of hydrogen-bond donors (Lipinski definition) is 4. The van der Waals surface area contributed by atoms with E-state index in [9.17, 15) is 14.7 Å². The highest BCUT2D eigenvalue weighted by Gasteiger charge is 2.37. The predicted molar refractivity (Wildman–Crippen MR) is 81.5 cm³/mol. The number of aliphatic carboxylic acids is 2. The molecule has 0 unspecified atom stereocenters. The van der Waals surface area contributed by atoms with E-state index in [0.29, 0.717) is 6.42 Å². The molecule has 5 N–H and O–H groups in total. The third kappa shape index (κ3) is 3.55. The van der Waals surface area contributed by atoms with E-state index >= 15 is 0 Å². The molecule has 0 aromatic heterocycles. The molecule has 1 aliphatic rings. The van der Waals surface area contributed by atoms with Crippen LogP contribution in [0.15, 0.2) is 24.3 Å². The Morgan fingerprint density at radius 2 is 2.18 bits per heavy atom. The molecule has 0 saturated carbocycles. The van der Waals surface area contributed by atoms with Gasteiger partial charge in [-0.25, -0.2) is 5.43 Å². The molecule has 1 aromatic carbocycles. The average molecular weight is 307 g/mol. The molecule has 3 atom stereocenters. The maximum Gasteiger partial charge on any atom is 0.322 e. The maximum absolute atomic E-state index is 11.2. The average Bonchev–Trinajstić information content (AvgIpc) is 2.91. The fourth-order valence-electron chi connectivity index (χ4n) is 2.67. The number of aryl methyl sites for hydroxylation is 1. The first-order valence-corrected chi connectivity index (χ1v) is 7.28. The second-order valence-electron chi connectivity index (χ2n) is 5.48. The van der Waals surface area contributed by atoms with Crippen LogP contribution in [0.25, 0.3) is 0 Å². The van der Waals surface area contributed by atoms with Crippen molar-refractivity contribution < 1.29 is 19.8 Å². The molecule has 1 saturated heterocycles. The molecule has 0 aliphatic carbocycles. The van der Waals surface area contributed by atoms with Crippen molar-refractivity contribution in [3.63, 3.8) is 0 Å². The van der Waals surface area contributed by atoms with E-state index in [1.807, 2.05) is 31.2 Å². The van der Waals surface area contributed by atoms with E-state index in [1.165, 1.54) is 0 Å². The second kappa shape index (κ2) is 6.76. The zero-order chi connectivity index (χ0) is 16.3. The lowest BCUT2D eigenvalue weighted by Gasteiger charge is -2.27. The zero-order valence-corrected chi connectivity index (χ0v) is 12.4. The van der Waals surface area contributed by atoms with E-state index in [4.69, 9.17) is 10.8 Å². The van der Waals surface area contributed by atoms with Crippen LogP contribution in [0.1, 0.15) is 25.3 Å². The molecule has 1 fully saturated rings. The fraction of sp³-hybridized carbons (Fsp3) is 0.467. The molecule has 0 spiro atoms. The van der Waals surface area contributed by atoms with Gasteiger partial charge in [-0.2, -0.15) is 0 Å². The first-order chi connectivity index (χ1) is 10.4. The topological polar surface area (TPSA) is 116 Å². The van der Waals surface area contributed by atoms with Gasteiger partial charge in [0.1, 0.15) is 12.1 Å². The van der Waals surface area contributed by atoms with E-state index in [0.717, 1.165) is 17.7 Å². The van der Waals surface area contributed by atoms with Crippen LogP contribution in [-0.2, 0) is 16.0 Å². The molecule has 0 bridgehead atoms. The van der Waals surface area contributed by atoms with Crippen molar-refractivity contribution in [2.24, 2.45) is 5.73 Å². The van der Waals surface area contributed by atoms with Gasteiger partial charge >= 0.3 is 11.9 Å². The molecule has 2 rings (SSSR count). The van der Waals surface area contributed by atoms with Crippen molar-refractivity contribution in [1.29, 1.82) is 0 Å². The Kier molecular flexibility index (Phi) is 4.99. The highest BCUT2D eigenvalue weighted by atomic mass is 16.4. The summed E-state index contributed by atoms with van der Waals surface area (Å²) < 4.78 is 0. The minimum Gasteiger partial charge on any atom is -0.480 e. The summed E-state index contributed by atoms with van der Waals surface area (Å²) in [5, 5.41) is 19.9. The lowest BCUT2D eigenvalue weighted by molar-refractivity contribution is -0.139. The van der Waals surface area contributed by atoms with Gasteiger partial charge in [-0.05, 0) is 37.0 Å². The van der Waals surface area contributed by atoms with Crippen LogP contribution in [-0.4, -0.2) is 40.3 Å². The molecule has 7 heteroatoms. The smallest absolute Gasteiger partial charge is 0.322 e. The van der Waals surface area contributed by atoms with Gasteiger partial charge in [0.2, 0.25) is 0 Å². The summed E-state index contributed by atoms with van der Waals surface area (Å²) in [6.07, 6.45) is 1.36. The normalized spacial score (nSPS) is 22.5. The van der Waals surface area contributed by atoms with Crippen LogP contribution >= 0.6 is 0 Å². The Balaban J connectivity index is 2.23. The molecule has 0 amide bonds. The molecular formula is C15H21N3O4. The van der Waals surface area contributed by atoms with E-state index in [-0.39, 0.29) is 12.5 Å². The van der Waals surface area contributed by atoms with Crippen molar-refractivity contribution in [3.05, 3.63) is 29.8 Å². The summed E-state index contributed by atoms with van der Waals surface area (Å²) in [6, 6.07) is 5.70. The summed E-state index contributed by atoms with van der Waals surface area (Å²) in [6.45, 7) is 2.04. The molecule has 22 heavy (non-hydrogen) atoms. The van der Waals surface area contributed by atoms with Gasteiger partial charge < -0.3 is 21.0 Å². The Morgan fingerprint density at radius 1 is 1.45 bits per heavy atom. The number of carboxylic acids is 2. The number of nitrogens with two attached hydrogens (primary N) is 1. The Hall–Kier alpha value is -2.12. The maximum atomic E-state index is 11.2. The van der Waals surface area contributed by atoms with Gasteiger partial charge in [-0.1, -0.05) is 19.1 Å². The van der Waals surface area contributed by atoms with Gasteiger partial charge in [0.05, 0.1) is 5.69 Å². The first-order valence-electron chi connectivity index (χ1n) is 7.28. The minimum absolute atomic E-state index is 0.183. The molecular weight excluding hydrogens is 286 g/mol. The summed E-state index contributed by atoms with van der Waals surface area (Å²) in [5.41, 5.74) is 10.5. The van der Waals surface area contributed by atoms with Crippen molar-refractivity contribution in [2.45, 2.75) is 44.3 Å². The Bertz CT molecular complexity index is 563. The van der Waals surface area contributed by atoms with Crippen LogP contribution in [0.5, 0.6) is 0 Å². The number of hydrogen-bond acceptors (Lipinski definition) is 5. The molecule has 120 valence electrons. The highest BCUT2D eigenvalue weighted by Crippen LogP contribution is 2.27. The summed E-state index contributed by atoms with van der Waals surface area (Å²) in [4.78, 5) is 22.2. The van der Waals surface area contributed by atoms with Crippen LogP contribution < -0.4 is 16.2 Å². The SMILES string of the molecule is CCc1cccc(N2N[C@H](C(=O)O)C[C@@H]2C[C@@H](N)C(=O)O)c1. The molecule has 0 radical (unpaired) electrons. The largest absolute Gasteiger partial charge is 0.480 e. The first kappa shape index (κ1) is 16.3. The third-order valence-corrected chi connectivity index (χ3v) is 3.91. The standard InChI is InChI=1S/C15H21N3O4/c1-2-9-4-3-5-10(6-9)18-11(7-12(16)14(19)20)8-13(17-18)15(21)22/h3-6,11-13,17H,2,7-8,16H2,1H3,(H,19,20)(H,21,22)/t11-,12+,13-/m0/s1. The van der Waals surface area contributed by atoms with E-state index in [1.54, 1.807) is 5.01 Å². The summed E-state index contributed by atoms with van der Waals surface area (Å²) in [5.74, 6) is -2.04. The zero-order valence-electron chi connectivity index (χ0n) is 12.4. The highest BCUT2D eigenvalue weighted by molar-refractivity contribution is 5.76. The van der Waals surface area contributed by atoms with Crippen LogP contribution in [0, 0.1) is 0 Å². The number of carboxylic acid groups (broad SMARTS) is 2. The Labute approximate surface area is 128 Å². The molecule has 1 heterocycles. The van der Waals surface area contributed by atoms with Gasteiger partial charge in [0.25, 0.3) is 0 Å². The summed E-state index contributed by atoms with van der Waals surface area (Å²) in [7, 11) is 0. The number of carbonyl (C=O) groups is 2. The van der Waals surface area contributed by atoms with Crippen LogP contribution in [0.4, 0.5) is 5.69 Å². The van der Waals surface area contributed by atoms with E-state index < -0.39 is 24.0 Å². The predicted octanol–water partition coefficient (Wildman–Crippen LogP) is 0.588. The minimum atomic E-state index is -1.08. The van der Waals surface area contributed by atoms with Crippen LogP contribution in [0.3, 0.4) is 0 Å². The second-order valence-corrected chi connectivity index (χ2v) is 5.48. The lowest BCUT2D eigenvalue weighted by atomic mass is 10.0. The van der Waals surface area contributed by atoms with Gasteiger partial charge in [-0.15, -0.1) is 0 Å². The Morgan fingerprint density at radius 3 is 2.77 bits per heavy atom. The fourth-order valence-corrected chi connectivity index (χ4v) is 2.67. The van der Waals surface area contributed by atoms with Crippen LogP contribution in [0.2, 0.25) is 0 Å². The van der Waals surface area contributed by atoms with Crippen molar-refractivity contribution >= 4 is 17.6 Å². The van der Waals surface area contributed by atoms with Gasteiger partial charge in [0, 0.05) is 6.04 Å². The number of nitrogens with zero attached hydrogens (tertiary/aromatic N) is 1. The van der Waals surface area contributed by atoms with Crippen molar-refractivity contribution in [1.82, 2.24) is 5.43 Å². The molecule has 1 aromatic rings.